The Labute approximate surface area is 105 Å². The summed E-state index contributed by atoms with van der Waals surface area (Å²) in [7, 11) is 0. The second-order valence-corrected chi connectivity index (χ2v) is 4.87. The molecule has 0 aliphatic heterocycles. The predicted molar refractivity (Wildman–Crippen MR) is 66.0 cm³/mol. The summed E-state index contributed by atoms with van der Waals surface area (Å²) in [5.41, 5.74) is -0.264. The van der Waals surface area contributed by atoms with Crippen LogP contribution in [0.3, 0.4) is 0 Å². The van der Waals surface area contributed by atoms with Crippen LogP contribution >= 0.6 is 11.3 Å². The average molecular weight is 269 g/mol. The fourth-order valence-corrected chi connectivity index (χ4v) is 2.50. The third-order valence-corrected chi connectivity index (χ3v) is 3.32. The molecule has 0 spiro atoms. The molecule has 0 radical (unpaired) electrons. The molecule has 0 saturated heterocycles. The van der Waals surface area contributed by atoms with Gasteiger partial charge in [0.15, 0.2) is 0 Å². The van der Waals surface area contributed by atoms with Gasteiger partial charge in [-0.05, 0) is 19.9 Å². The van der Waals surface area contributed by atoms with Crippen LogP contribution in [0, 0.1) is 6.92 Å². The van der Waals surface area contributed by atoms with E-state index in [0.717, 1.165) is 9.44 Å². The number of carbonyl (C=O) groups excluding carboxylic acids is 1. The number of hydrogen-bond acceptors (Lipinski definition) is 6. The molecule has 0 aliphatic carbocycles. The van der Waals surface area contributed by atoms with Crippen molar-refractivity contribution in [2.75, 3.05) is 6.61 Å². The standard InChI is InChI=1S/C11H11NO5S/c1-3-16-8(13)5-12-7-4-6(2)18-9(7)10(14)17-11(12)15/h4H,3,5H2,1-2H3. The molecule has 0 N–H and O–H groups in total. The molecule has 18 heavy (non-hydrogen) atoms. The molecule has 6 nitrogen and oxygen atoms in total. The highest BCUT2D eigenvalue weighted by atomic mass is 32.1. The SMILES string of the molecule is CCOC(=O)Cn1c(=O)oc(=O)c2sc(C)cc21. The van der Waals surface area contributed by atoms with Gasteiger partial charge in [-0.1, -0.05) is 0 Å². The number of nitrogens with zero attached hydrogens (tertiary/aromatic N) is 1. The number of aromatic nitrogens is 1. The van der Waals surface area contributed by atoms with Crippen LogP contribution in [0.25, 0.3) is 10.2 Å². The Morgan fingerprint density at radius 1 is 1.50 bits per heavy atom. The molecule has 2 rings (SSSR count). The van der Waals surface area contributed by atoms with E-state index in [4.69, 9.17) is 4.74 Å². The topological polar surface area (TPSA) is 78.5 Å². The second-order valence-electron chi connectivity index (χ2n) is 3.62. The first-order chi connectivity index (χ1) is 8.52. The lowest BCUT2D eigenvalue weighted by Crippen LogP contribution is -2.28. The van der Waals surface area contributed by atoms with E-state index in [1.54, 1.807) is 13.0 Å². The Bertz CT molecular complexity index is 708. The first-order valence-electron chi connectivity index (χ1n) is 5.32. The third-order valence-electron chi connectivity index (χ3n) is 2.30. The van der Waals surface area contributed by atoms with Crippen molar-refractivity contribution in [2.24, 2.45) is 0 Å². The summed E-state index contributed by atoms with van der Waals surface area (Å²) in [5, 5.41) is 0. The van der Waals surface area contributed by atoms with Crippen molar-refractivity contribution < 1.29 is 13.9 Å². The number of rotatable bonds is 3. The number of fused-ring (bicyclic) bond motifs is 1. The van der Waals surface area contributed by atoms with E-state index >= 15 is 0 Å². The van der Waals surface area contributed by atoms with E-state index in [1.807, 2.05) is 6.92 Å². The fourth-order valence-electron chi connectivity index (χ4n) is 1.61. The van der Waals surface area contributed by atoms with Crippen LogP contribution in [0.2, 0.25) is 0 Å². The van der Waals surface area contributed by atoms with Crippen molar-refractivity contribution in [3.05, 3.63) is 31.9 Å². The summed E-state index contributed by atoms with van der Waals surface area (Å²) >= 11 is 1.22. The minimum atomic E-state index is -0.849. The van der Waals surface area contributed by atoms with Gasteiger partial charge in [-0.15, -0.1) is 11.3 Å². The lowest BCUT2D eigenvalue weighted by atomic mass is 10.4. The van der Waals surface area contributed by atoms with Crippen LogP contribution in [0.5, 0.6) is 0 Å². The van der Waals surface area contributed by atoms with Crippen LogP contribution < -0.4 is 11.4 Å². The van der Waals surface area contributed by atoms with E-state index in [2.05, 4.69) is 4.42 Å². The summed E-state index contributed by atoms with van der Waals surface area (Å²) in [6, 6.07) is 1.68. The Hall–Kier alpha value is -1.89. The summed E-state index contributed by atoms with van der Waals surface area (Å²) in [4.78, 5) is 35.4. The molecular weight excluding hydrogens is 258 g/mol. The smallest absolute Gasteiger partial charge is 0.422 e. The van der Waals surface area contributed by atoms with Crippen molar-refractivity contribution in [1.29, 1.82) is 0 Å². The minimum absolute atomic E-state index is 0.232. The molecule has 2 aromatic heterocycles. The molecule has 0 amide bonds. The van der Waals surface area contributed by atoms with E-state index in [9.17, 15) is 14.4 Å². The number of ether oxygens (including phenoxy) is 1. The Balaban J connectivity index is 2.59. The van der Waals surface area contributed by atoms with Gasteiger partial charge in [0, 0.05) is 4.88 Å². The summed E-state index contributed by atoms with van der Waals surface area (Å²) < 4.78 is 10.8. The molecule has 0 atom stereocenters. The van der Waals surface area contributed by atoms with Gasteiger partial charge >= 0.3 is 17.4 Å². The molecule has 96 valence electrons. The van der Waals surface area contributed by atoms with Crippen LogP contribution in [-0.4, -0.2) is 17.1 Å². The van der Waals surface area contributed by atoms with Gasteiger partial charge in [0.05, 0.1) is 12.1 Å². The zero-order valence-corrected chi connectivity index (χ0v) is 10.7. The summed E-state index contributed by atoms with van der Waals surface area (Å²) in [6.45, 7) is 3.46. The highest BCUT2D eigenvalue weighted by molar-refractivity contribution is 7.18. The van der Waals surface area contributed by atoms with Crippen LogP contribution in [0.15, 0.2) is 20.1 Å². The molecule has 0 bridgehead atoms. The van der Waals surface area contributed by atoms with E-state index in [0.29, 0.717) is 10.2 Å². The van der Waals surface area contributed by atoms with Crippen molar-refractivity contribution in [1.82, 2.24) is 4.57 Å². The van der Waals surface area contributed by atoms with E-state index < -0.39 is 17.4 Å². The van der Waals surface area contributed by atoms with Gasteiger partial charge in [-0.3, -0.25) is 9.36 Å². The molecule has 0 aromatic carbocycles. The Morgan fingerprint density at radius 3 is 2.89 bits per heavy atom. The molecule has 0 aliphatic rings. The lowest BCUT2D eigenvalue weighted by Gasteiger charge is -2.05. The molecule has 0 fully saturated rings. The number of hydrogen-bond donors (Lipinski definition) is 0. The summed E-state index contributed by atoms with van der Waals surface area (Å²) in [6.07, 6.45) is 0. The largest absolute Gasteiger partial charge is 0.465 e. The van der Waals surface area contributed by atoms with Crippen LogP contribution in [0.1, 0.15) is 11.8 Å². The van der Waals surface area contributed by atoms with Crippen molar-refractivity contribution in [3.8, 4) is 0 Å². The first-order valence-corrected chi connectivity index (χ1v) is 6.14. The maximum absolute atomic E-state index is 11.6. The molecule has 0 unspecified atom stereocenters. The predicted octanol–water partition coefficient (Wildman–Crippen LogP) is 0.888. The Morgan fingerprint density at radius 2 is 2.22 bits per heavy atom. The van der Waals surface area contributed by atoms with Crippen molar-refractivity contribution >= 4 is 27.5 Å². The number of carbonyl (C=O) groups is 1. The van der Waals surface area contributed by atoms with Gasteiger partial charge in [0.2, 0.25) is 0 Å². The minimum Gasteiger partial charge on any atom is -0.465 e. The molecule has 2 heterocycles. The normalized spacial score (nSPS) is 10.8. The van der Waals surface area contributed by atoms with Crippen molar-refractivity contribution in [3.63, 3.8) is 0 Å². The van der Waals surface area contributed by atoms with Gasteiger partial charge in [-0.25, -0.2) is 9.59 Å². The van der Waals surface area contributed by atoms with Gasteiger partial charge in [-0.2, -0.15) is 0 Å². The maximum atomic E-state index is 11.6. The quantitative estimate of drug-likeness (QED) is 0.773. The summed E-state index contributed by atoms with van der Waals surface area (Å²) in [5.74, 6) is -1.39. The number of thiophene rings is 1. The van der Waals surface area contributed by atoms with E-state index in [1.165, 1.54) is 11.3 Å². The molecule has 0 saturated carbocycles. The van der Waals surface area contributed by atoms with Crippen LogP contribution in [0.4, 0.5) is 0 Å². The van der Waals surface area contributed by atoms with Gasteiger partial charge in [0.1, 0.15) is 11.2 Å². The van der Waals surface area contributed by atoms with Gasteiger partial charge < -0.3 is 9.15 Å². The van der Waals surface area contributed by atoms with Crippen molar-refractivity contribution in [2.45, 2.75) is 20.4 Å². The number of aryl methyl sites for hydroxylation is 1. The van der Waals surface area contributed by atoms with Gasteiger partial charge in [0.25, 0.3) is 0 Å². The fraction of sp³-hybridized carbons (Fsp3) is 0.364. The zero-order valence-electron chi connectivity index (χ0n) is 9.89. The molecule has 7 heteroatoms. The van der Waals surface area contributed by atoms with E-state index in [-0.39, 0.29) is 13.2 Å². The molecule has 2 aromatic rings. The number of esters is 1. The Kier molecular flexibility index (Phi) is 3.33. The maximum Gasteiger partial charge on any atom is 0.422 e. The van der Waals surface area contributed by atoms with Crippen LogP contribution in [-0.2, 0) is 16.1 Å². The highest BCUT2D eigenvalue weighted by Crippen LogP contribution is 2.20. The zero-order chi connectivity index (χ0) is 13.3. The average Bonchev–Trinajstić information content (AvgIpc) is 2.67. The molecular formula is C11H11NO5S. The second kappa shape index (κ2) is 4.77. The monoisotopic (exact) mass is 269 g/mol. The lowest BCUT2D eigenvalue weighted by molar-refractivity contribution is -0.143. The third kappa shape index (κ3) is 2.21. The first kappa shape index (κ1) is 12.6. The highest BCUT2D eigenvalue weighted by Gasteiger charge is 2.15.